The molecule has 4 N–H and O–H groups in total. The summed E-state index contributed by atoms with van der Waals surface area (Å²) in [6, 6.07) is 7.49. The molecule has 1 heterocycles. The summed E-state index contributed by atoms with van der Waals surface area (Å²) in [4.78, 5) is 44.6. The Hall–Kier alpha value is -3.19. The molecule has 10 nitrogen and oxygen atoms in total. The molecule has 0 radical (unpaired) electrons. The van der Waals surface area contributed by atoms with Crippen molar-refractivity contribution in [2.45, 2.75) is 83.2 Å². The third kappa shape index (κ3) is 14.3. The lowest BCUT2D eigenvalue weighted by Crippen LogP contribution is -2.46. The largest absolute Gasteiger partial charge is 0.497 e. The van der Waals surface area contributed by atoms with Crippen molar-refractivity contribution in [3.63, 3.8) is 0 Å². The average Bonchev–Trinajstić information content (AvgIpc) is 3.63. The minimum Gasteiger partial charge on any atom is -0.497 e. The molecule has 1 saturated heterocycles. The molecule has 3 amide bonds. The fourth-order valence-corrected chi connectivity index (χ4v) is 3.99. The van der Waals surface area contributed by atoms with E-state index >= 15 is 0 Å². The zero-order valence-corrected chi connectivity index (χ0v) is 24.0. The topological polar surface area (TPSA) is 146 Å². The number of nitrogens with one attached hydrogen (secondary N) is 3. The predicted molar refractivity (Wildman–Crippen MR) is 145 cm³/mol. The number of alkyl halides is 3. The SMILES string of the molecule is CCNC(=O)CC(C)(O)C(F)(F)F.COc1ccc(C)cc1.O=CNCC(=O)N[C@@H](CC1CCCC1)C(=O)C1CO1. The standard InChI is InChI=1S/C13H20N2O4.C8H10O.C7H12F3NO2/c16-8-14-6-12(17)15-10(13(18)11-7-19-11)5-9-3-1-2-4-9;1-7-3-5-8(9-2)6-4-7;1-3-11-5(12)4-6(2,13)7(8,9)10/h8-11H,1-7H2,(H,14,16)(H,15,17);3-6H,1-2H3;13H,3-4H2,1-2H3,(H,11,12)/t10-,11?;;/m0../s1. The van der Waals surface area contributed by atoms with Crippen LogP contribution in [0.3, 0.4) is 0 Å². The Bertz CT molecular complexity index is 962. The van der Waals surface area contributed by atoms with E-state index in [2.05, 4.69) is 22.9 Å². The molecule has 1 aromatic carbocycles. The van der Waals surface area contributed by atoms with Crippen LogP contribution in [0.2, 0.25) is 0 Å². The maximum atomic E-state index is 12.1. The van der Waals surface area contributed by atoms with Crippen LogP contribution in [0.25, 0.3) is 0 Å². The van der Waals surface area contributed by atoms with E-state index in [9.17, 15) is 32.3 Å². The van der Waals surface area contributed by atoms with Gasteiger partial charge in [-0.1, -0.05) is 43.4 Å². The molecular formula is C28H42F3N3O7. The number of Topliss-reactive ketones (excluding diaryl/α,β-unsaturated/α-hetero) is 1. The number of hydrogen-bond donors (Lipinski definition) is 4. The molecule has 2 unspecified atom stereocenters. The number of carbonyl (C=O) groups is 4. The number of rotatable bonds is 12. The highest BCUT2D eigenvalue weighted by Gasteiger charge is 2.50. The van der Waals surface area contributed by atoms with Gasteiger partial charge in [-0.15, -0.1) is 0 Å². The lowest BCUT2D eigenvalue weighted by Gasteiger charge is -2.25. The first-order chi connectivity index (χ1) is 19.2. The van der Waals surface area contributed by atoms with Crippen LogP contribution in [0.4, 0.5) is 13.2 Å². The van der Waals surface area contributed by atoms with Gasteiger partial charge in [0.1, 0.15) is 11.9 Å². The van der Waals surface area contributed by atoms with Crippen LogP contribution in [0.5, 0.6) is 5.75 Å². The summed E-state index contributed by atoms with van der Waals surface area (Å²) in [6.07, 6.45) is -0.287. The Morgan fingerprint density at radius 1 is 1.15 bits per heavy atom. The van der Waals surface area contributed by atoms with E-state index in [0.29, 0.717) is 32.3 Å². The van der Waals surface area contributed by atoms with Crippen LogP contribution in [0.1, 0.15) is 57.9 Å². The molecule has 2 fully saturated rings. The molecule has 2 aliphatic rings. The Kier molecular flexibility index (Phi) is 15.4. The van der Waals surface area contributed by atoms with Crippen LogP contribution < -0.4 is 20.7 Å². The number of hydrogen-bond acceptors (Lipinski definition) is 7. The van der Waals surface area contributed by atoms with Gasteiger partial charge < -0.3 is 30.5 Å². The van der Waals surface area contributed by atoms with E-state index in [-0.39, 0.29) is 30.9 Å². The first-order valence-electron chi connectivity index (χ1n) is 13.5. The summed E-state index contributed by atoms with van der Waals surface area (Å²) in [5.41, 5.74) is -1.69. The van der Waals surface area contributed by atoms with Crippen LogP contribution in [0.15, 0.2) is 24.3 Å². The van der Waals surface area contributed by atoms with Crippen molar-refractivity contribution in [3.8, 4) is 5.75 Å². The van der Waals surface area contributed by atoms with E-state index in [4.69, 9.17) is 14.6 Å². The van der Waals surface area contributed by atoms with Crippen LogP contribution in [0, 0.1) is 12.8 Å². The summed E-state index contributed by atoms with van der Waals surface area (Å²) in [5.74, 6) is 0.243. The van der Waals surface area contributed by atoms with E-state index in [1.807, 2.05) is 24.3 Å². The molecule has 0 aromatic heterocycles. The molecule has 3 rings (SSSR count). The molecule has 1 aliphatic heterocycles. The molecule has 1 saturated carbocycles. The summed E-state index contributed by atoms with van der Waals surface area (Å²) in [6.45, 7) is 4.82. The Morgan fingerprint density at radius 3 is 2.20 bits per heavy atom. The molecule has 13 heteroatoms. The van der Waals surface area contributed by atoms with Gasteiger partial charge in [0.2, 0.25) is 18.2 Å². The van der Waals surface area contributed by atoms with Gasteiger partial charge >= 0.3 is 6.18 Å². The number of ketones is 1. The molecule has 0 spiro atoms. The van der Waals surface area contributed by atoms with E-state index in [1.54, 1.807) is 14.0 Å². The second-order valence-corrected chi connectivity index (χ2v) is 10.1. The normalized spacial score (nSPS) is 18.2. The summed E-state index contributed by atoms with van der Waals surface area (Å²) in [5, 5.41) is 16.0. The van der Waals surface area contributed by atoms with Crippen molar-refractivity contribution in [3.05, 3.63) is 29.8 Å². The lowest BCUT2D eigenvalue weighted by atomic mass is 9.94. The zero-order chi connectivity index (χ0) is 31.1. The fraction of sp³-hybridized carbons (Fsp3) is 0.643. The van der Waals surface area contributed by atoms with Crippen molar-refractivity contribution in [2.24, 2.45) is 5.92 Å². The number of epoxide rings is 1. The van der Waals surface area contributed by atoms with Gasteiger partial charge in [-0.05, 0) is 45.2 Å². The number of ether oxygens (including phenoxy) is 2. The second-order valence-electron chi connectivity index (χ2n) is 10.1. The minimum atomic E-state index is -4.78. The summed E-state index contributed by atoms with van der Waals surface area (Å²) < 4.78 is 46.0. The zero-order valence-electron chi connectivity index (χ0n) is 24.0. The molecule has 1 aromatic rings. The van der Waals surface area contributed by atoms with Crippen LogP contribution in [-0.4, -0.2) is 79.8 Å². The number of benzene rings is 1. The van der Waals surface area contributed by atoms with E-state index < -0.39 is 30.1 Å². The number of halogens is 3. The van der Waals surface area contributed by atoms with Gasteiger partial charge in [-0.2, -0.15) is 13.2 Å². The number of aliphatic hydroxyl groups is 1. The lowest BCUT2D eigenvalue weighted by molar-refractivity contribution is -0.253. The van der Waals surface area contributed by atoms with Crippen molar-refractivity contribution in [1.29, 1.82) is 0 Å². The number of methoxy groups -OCH3 is 1. The minimum absolute atomic E-state index is 0.0358. The number of amides is 3. The highest BCUT2D eigenvalue weighted by Crippen LogP contribution is 2.32. The van der Waals surface area contributed by atoms with Gasteiger partial charge in [-0.3, -0.25) is 19.2 Å². The van der Waals surface area contributed by atoms with E-state index in [0.717, 1.165) is 18.6 Å². The van der Waals surface area contributed by atoms with Crippen LogP contribution >= 0.6 is 0 Å². The molecule has 232 valence electrons. The molecular weight excluding hydrogens is 547 g/mol. The van der Waals surface area contributed by atoms with Crippen molar-refractivity contribution >= 4 is 24.0 Å². The molecule has 0 bridgehead atoms. The number of carbonyl (C=O) groups excluding carboxylic acids is 4. The van der Waals surface area contributed by atoms with Gasteiger partial charge in [-0.25, -0.2) is 0 Å². The Morgan fingerprint density at radius 2 is 1.73 bits per heavy atom. The molecule has 3 atom stereocenters. The Balaban J connectivity index is 0.000000332. The number of aryl methyl sites for hydroxylation is 1. The summed E-state index contributed by atoms with van der Waals surface area (Å²) >= 11 is 0. The van der Waals surface area contributed by atoms with Gasteiger partial charge in [0, 0.05) is 6.54 Å². The maximum Gasteiger partial charge on any atom is 0.417 e. The quantitative estimate of drug-likeness (QED) is 0.217. The highest BCUT2D eigenvalue weighted by atomic mass is 19.4. The van der Waals surface area contributed by atoms with Crippen molar-refractivity contribution in [1.82, 2.24) is 16.0 Å². The molecule has 41 heavy (non-hydrogen) atoms. The Labute approximate surface area is 238 Å². The first kappa shape index (κ1) is 35.8. The highest BCUT2D eigenvalue weighted by molar-refractivity contribution is 5.94. The van der Waals surface area contributed by atoms with Gasteiger partial charge in [0.15, 0.2) is 11.4 Å². The molecule has 1 aliphatic carbocycles. The average molecular weight is 590 g/mol. The van der Waals surface area contributed by atoms with Gasteiger partial charge in [0.25, 0.3) is 0 Å². The third-order valence-corrected chi connectivity index (χ3v) is 6.47. The van der Waals surface area contributed by atoms with E-state index in [1.165, 1.54) is 18.4 Å². The van der Waals surface area contributed by atoms with Crippen LogP contribution in [-0.2, 0) is 23.9 Å². The third-order valence-electron chi connectivity index (χ3n) is 6.47. The monoisotopic (exact) mass is 589 g/mol. The summed E-state index contributed by atoms with van der Waals surface area (Å²) in [7, 11) is 1.67. The van der Waals surface area contributed by atoms with Gasteiger partial charge in [0.05, 0.1) is 32.7 Å². The van der Waals surface area contributed by atoms with Crippen molar-refractivity contribution in [2.75, 3.05) is 26.8 Å². The maximum absolute atomic E-state index is 12.1. The smallest absolute Gasteiger partial charge is 0.417 e. The predicted octanol–water partition coefficient (Wildman–Crippen LogP) is 2.59. The second kappa shape index (κ2) is 17.6. The first-order valence-corrected chi connectivity index (χ1v) is 13.5. The van der Waals surface area contributed by atoms with Crippen molar-refractivity contribution < 1.29 is 46.9 Å². The fourth-order valence-electron chi connectivity index (χ4n) is 3.99.